The molecule has 1 unspecified atom stereocenters. The van der Waals surface area contributed by atoms with Crippen LogP contribution in [-0.4, -0.2) is 81.4 Å². The third-order valence-electron chi connectivity index (χ3n) is 5.04. The van der Waals surface area contributed by atoms with Crippen LogP contribution in [0.5, 0.6) is 0 Å². The summed E-state index contributed by atoms with van der Waals surface area (Å²) < 4.78 is 0. The molecule has 2 amide bonds. The Morgan fingerprint density at radius 1 is 1.32 bits per heavy atom. The highest BCUT2D eigenvalue weighted by Gasteiger charge is 2.27. The molecule has 34 heavy (non-hydrogen) atoms. The maximum atomic E-state index is 13.3. The van der Waals surface area contributed by atoms with Crippen LogP contribution in [0, 0.1) is 0 Å². The maximum absolute atomic E-state index is 13.3. The fraction of sp³-hybridized carbons (Fsp3) is 0.364. The van der Waals surface area contributed by atoms with Gasteiger partial charge >= 0.3 is 0 Å². The van der Waals surface area contributed by atoms with Gasteiger partial charge in [-0.15, -0.1) is 0 Å². The second kappa shape index (κ2) is 11.3. The molecule has 0 aromatic carbocycles. The van der Waals surface area contributed by atoms with E-state index in [0.29, 0.717) is 17.3 Å². The molecule has 2 aromatic rings. The number of hydrogen-bond acceptors (Lipinski definition) is 10. The lowest BCUT2D eigenvalue weighted by molar-refractivity contribution is -0.127. The summed E-state index contributed by atoms with van der Waals surface area (Å²) in [6.07, 6.45) is 6.67. The van der Waals surface area contributed by atoms with Crippen molar-refractivity contribution in [3.63, 3.8) is 0 Å². The lowest BCUT2D eigenvalue weighted by Crippen LogP contribution is -2.40. The van der Waals surface area contributed by atoms with Gasteiger partial charge in [-0.05, 0) is 25.0 Å². The van der Waals surface area contributed by atoms with E-state index in [-0.39, 0.29) is 23.6 Å². The van der Waals surface area contributed by atoms with Crippen LogP contribution in [0.2, 0.25) is 0 Å². The van der Waals surface area contributed by atoms with Crippen LogP contribution in [0.25, 0.3) is 0 Å². The molecule has 180 valence electrons. The van der Waals surface area contributed by atoms with Crippen molar-refractivity contribution in [1.82, 2.24) is 25.2 Å². The fourth-order valence-corrected chi connectivity index (χ4v) is 3.13. The number of carbonyl (C=O) groups is 2. The van der Waals surface area contributed by atoms with Crippen molar-refractivity contribution in [2.75, 3.05) is 32.6 Å². The summed E-state index contributed by atoms with van der Waals surface area (Å²) in [5.74, 6) is -0.932. The van der Waals surface area contributed by atoms with Gasteiger partial charge in [0.25, 0.3) is 11.8 Å². The summed E-state index contributed by atoms with van der Waals surface area (Å²) >= 11 is 0. The van der Waals surface area contributed by atoms with Gasteiger partial charge in [0.2, 0.25) is 0 Å². The molecule has 12 heteroatoms. The first-order chi connectivity index (χ1) is 16.3. The van der Waals surface area contributed by atoms with Crippen molar-refractivity contribution in [1.29, 1.82) is 0 Å². The van der Waals surface area contributed by atoms with Crippen LogP contribution >= 0.6 is 0 Å². The molecule has 1 aliphatic carbocycles. The van der Waals surface area contributed by atoms with Crippen molar-refractivity contribution in [2.45, 2.75) is 24.9 Å². The number of anilines is 2. The number of nitrogens with one attached hydrogen (secondary N) is 2. The number of hydrogen-bond donors (Lipinski definition) is 5. The standard InChI is InChI=1S/C22H28N8O4/c1-24-9-18(19(23)22(34)30(2)10-15(32)11-31)29-21(33)20-17(27-14-7-25-12-26-8-14)6-5-16(28-20)13-3-4-13/h5-9,12-13,15,27,31-32H,3-4,10-11,23H2,1-2H3,(H,29,33). The molecule has 6 N–H and O–H groups in total. The van der Waals surface area contributed by atoms with E-state index in [9.17, 15) is 14.7 Å². The zero-order valence-electron chi connectivity index (χ0n) is 19.0. The number of aliphatic imine (C=N–C) groups is 1. The van der Waals surface area contributed by atoms with Crippen molar-refractivity contribution in [2.24, 2.45) is 10.7 Å². The fourth-order valence-electron chi connectivity index (χ4n) is 3.13. The molecule has 0 saturated heterocycles. The number of amides is 2. The minimum atomic E-state index is -1.12. The van der Waals surface area contributed by atoms with Gasteiger partial charge < -0.3 is 31.5 Å². The average molecular weight is 469 g/mol. The van der Waals surface area contributed by atoms with E-state index in [1.165, 1.54) is 26.6 Å². The number of carbonyl (C=O) groups excluding carboxylic acids is 2. The third kappa shape index (κ3) is 6.33. The smallest absolute Gasteiger partial charge is 0.276 e. The summed E-state index contributed by atoms with van der Waals surface area (Å²) in [7, 11) is 2.89. The number of allylic oxidation sites excluding steroid dienone is 1. The van der Waals surface area contributed by atoms with E-state index in [2.05, 4.69) is 30.6 Å². The monoisotopic (exact) mass is 468 g/mol. The number of pyridine rings is 1. The first kappa shape index (κ1) is 24.7. The van der Waals surface area contributed by atoms with E-state index < -0.39 is 24.5 Å². The van der Waals surface area contributed by atoms with Crippen molar-refractivity contribution < 1.29 is 19.8 Å². The highest BCUT2D eigenvalue weighted by molar-refractivity contribution is 6.05. The molecule has 0 aliphatic heterocycles. The summed E-state index contributed by atoms with van der Waals surface area (Å²) in [5.41, 5.74) is 7.64. The number of rotatable bonds is 10. The molecule has 0 radical (unpaired) electrons. The van der Waals surface area contributed by atoms with E-state index in [0.717, 1.165) is 23.4 Å². The zero-order valence-corrected chi connectivity index (χ0v) is 19.0. The van der Waals surface area contributed by atoms with Crippen LogP contribution in [0.15, 0.2) is 47.2 Å². The van der Waals surface area contributed by atoms with E-state index >= 15 is 0 Å². The first-order valence-electron chi connectivity index (χ1n) is 10.6. The van der Waals surface area contributed by atoms with Gasteiger partial charge in [0.1, 0.15) is 12.0 Å². The number of aliphatic hydroxyl groups excluding tert-OH is 2. The van der Waals surface area contributed by atoms with E-state index in [1.807, 2.05) is 6.07 Å². The minimum absolute atomic E-state index is 0.0181. The van der Waals surface area contributed by atoms with Crippen LogP contribution in [0.1, 0.15) is 34.9 Å². The summed E-state index contributed by atoms with van der Waals surface area (Å²) in [4.78, 5) is 43.4. The predicted molar refractivity (Wildman–Crippen MR) is 125 cm³/mol. The molecule has 1 saturated carbocycles. The second-order valence-electron chi connectivity index (χ2n) is 7.85. The summed E-state index contributed by atoms with van der Waals surface area (Å²) in [6.45, 7) is -0.648. The second-order valence-corrected chi connectivity index (χ2v) is 7.85. The molecule has 2 heterocycles. The summed E-state index contributed by atoms with van der Waals surface area (Å²) in [5, 5.41) is 24.3. The highest BCUT2D eigenvalue weighted by atomic mass is 16.3. The van der Waals surface area contributed by atoms with Crippen LogP contribution in [0.4, 0.5) is 11.4 Å². The highest BCUT2D eigenvalue weighted by Crippen LogP contribution is 2.39. The summed E-state index contributed by atoms with van der Waals surface area (Å²) in [6, 6.07) is 3.63. The maximum Gasteiger partial charge on any atom is 0.276 e. The Morgan fingerprint density at radius 3 is 2.65 bits per heavy atom. The number of aromatic nitrogens is 3. The van der Waals surface area contributed by atoms with Gasteiger partial charge in [0.05, 0.1) is 42.2 Å². The largest absolute Gasteiger partial charge is 0.394 e. The van der Waals surface area contributed by atoms with Crippen molar-refractivity contribution >= 4 is 29.4 Å². The van der Waals surface area contributed by atoms with Gasteiger partial charge in [-0.3, -0.25) is 14.6 Å². The average Bonchev–Trinajstić information content (AvgIpc) is 3.69. The van der Waals surface area contributed by atoms with Crippen molar-refractivity contribution in [3.8, 4) is 0 Å². The molecular weight excluding hydrogens is 440 g/mol. The molecular formula is C22H28N8O4. The quantitative estimate of drug-likeness (QED) is 0.235. The zero-order chi connectivity index (χ0) is 24.7. The number of nitrogens with zero attached hydrogens (tertiary/aromatic N) is 5. The predicted octanol–water partition coefficient (Wildman–Crippen LogP) is -0.0951. The topological polar surface area (TPSA) is 179 Å². The Hall–Kier alpha value is -3.90. The first-order valence-corrected chi connectivity index (χ1v) is 10.6. The van der Waals surface area contributed by atoms with Crippen LogP contribution in [-0.2, 0) is 4.79 Å². The normalized spacial score (nSPS) is 14.9. The molecule has 12 nitrogen and oxygen atoms in total. The number of likely N-dealkylation sites (N-methyl/N-ethyl adjacent to an activating group) is 1. The number of nitrogens with two attached hydrogens (primary N) is 1. The Morgan fingerprint density at radius 2 is 2.03 bits per heavy atom. The van der Waals surface area contributed by atoms with Gasteiger partial charge in [-0.2, -0.15) is 0 Å². The minimum Gasteiger partial charge on any atom is -0.394 e. The third-order valence-corrected chi connectivity index (χ3v) is 5.04. The molecule has 1 aliphatic rings. The van der Waals surface area contributed by atoms with Gasteiger partial charge in [0, 0.05) is 38.5 Å². The van der Waals surface area contributed by atoms with Gasteiger partial charge in [0.15, 0.2) is 5.69 Å². The van der Waals surface area contributed by atoms with Gasteiger partial charge in [-0.1, -0.05) is 0 Å². The molecule has 0 spiro atoms. The Kier molecular flexibility index (Phi) is 8.22. The number of aliphatic hydroxyl groups is 2. The molecule has 3 rings (SSSR count). The van der Waals surface area contributed by atoms with Crippen LogP contribution < -0.4 is 16.4 Å². The lowest BCUT2D eigenvalue weighted by Gasteiger charge is -2.21. The Bertz CT molecular complexity index is 1090. The Balaban J connectivity index is 1.89. The Labute approximate surface area is 196 Å². The molecule has 1 fully saturated rings. The molecule has 2 aromatic heterocycles. The van der Waals surface area contributed by atoms with Crippen molar-refractivity contribution in [3.05, 3.63) is 53.6 Å². The van der Waals surface area contributed by atoms with E-state index in [1.54, 1.807) is 18.5 Å². The van der Waals surface area contributed by atoms with Gasteiger partial charge in [-0.25, -0.2) is 15.0 Å². The lowest BCUT2D eigenvalue weighted by atomic mass is 10.2. The van der Waals surface area contributed by atoms with E-state index in [4.69, 9.17) is 10.8 Å². The molecule has 0 bridgehead atoms. The SMILES string of the molecule is CN=CC(NC(=O)c1nc(C2CC2)ccc1Nc1cncnc1)=C(N)C(=O)N(C)CC(O)CO. The molecule has 1 atom stereocenters. The van der Waals surface area contributed by atoms with Crippen LogP contribution in [0.3, 0.4) is 0 Å².